The van der Waals surface area contributed by atoms with Gasteiger partial charge >= 0.3 is 0 Å². The lowest BCUT2D eigenvalue weighted by Gasteiger charge is -2.42. The second kappa shape index (κ2) is 4.43. The van der Waals surface area contributed by atoms with E-state index in [1.54, 1.807) is 0 Å². The van der Waals surface area contributed by atoms with Gasteiger partial charge < -0.3 is 10.6 Å². The number of nitrogens with two attached hydrogens (primary N) is 1. The van der Waals surface area contributed by atoms with Crippen LogP contribution in [0.2, 0.25) is 0 Å². The van der Waals surface area contributed by atoms with Crippen LogP contribution < -0.4 is 5.73 Å². The van der Waals surface area contributed by atoms with Gasteiger partial charge in [0.25, 0.3) is 0 Å². The lowest BCUT2D eigenvalue weighted by molar-refractivity contribution is 0.105. The summed E-state index contributed by atoms with van der Waals surface area (Å²) < 4.78 is 0. The molecule has 1 rings (SSSR count). The van der Waals surface area contributed by atoms with Gasteiger partial charge in [0.05, 0.1) is 0 Å². The molecule has 1 aliphatic carbocycles. The maximum atomic E-state index is 5.82. The summed E-state index contributed by atoms with van der Waals surface area (Å²) in [5.74, 6) is 1.65. The van der Waals surface area contributed by atoms with E-state index in [-0.39, 0.29) is 0 Å². The zero-order chi connectivity index (χ0) is 10.0. The number of rotatable bonds is 4. The Morgan fingerprint density at radius 2 is 1.85 bits per heavy atom. The molecule has 1 fully saturated rings. The summed E-state index contributed by atoms with van der Waals surface area (Å²) in [4.78, 5) is 2.37. The smallest absolute Gasteiger partial charge is 0.0121 e. The monoisotopic (exact) mass is 184 g/mol. The van der Waals surface area contributed by atoms with Crippen molar-refractivity contribution < 1.29 is 0 Å². The van der Waals surface area contributed by atoms with E-state index in [1.807, 2.05) is 0 Å². The minimum atomic E-state index is 0.486. The zero-order valence-electron chi connectivity index (χ0n) is 9.46. The average molecular weight is 184 g/mol. The second-order valence-electron chi connectivity index (χ2n) is 5.15. The predicted octanol–water partition coefficient (Wildman–Crippen LogP) is 1.70. The van der Waals surface area contributed by atoms with Gasteiger partial charge in [0.15, 0.2) is 0 Å². The van der Waals surface area contributed by atoms with Crippen molar-refractivity contribution in [3.63, 3.8) is 0 Å². The SMILES string of the molecule is CC(C)CC(C1CC(N)C1)N(C)C. The minimum absolute atomic E-state index is 0.486. The molecule has 0 aliphatic heterocycles. The van der Waals surface area contributed by atoms with Crippen molar-refractivity contribution in [3.8, 4) is 0 Å². The van der Waals surface area contributed by atoms with E-state index in [0.717, 1.165) is 17.9 Å². The highest BCUT2D eigenvalue weighted by molar-refractivity contribution is 4.90. The fourth-order valence-corrected chi connectivity index (χ4v) is 2.33. The van der Waals surface area contributed by atoms with Crippen LogP contribution in [0.3, 0.4) is 0 Å². The van der Waals surface area contributed by atoms with Gasteiger partial charge in [-0.25, -0.2) is 0 Å². The first kappa shape index (κ1) is 11.0. The summed E-state index contributed by atoms with van der Waals surface area (Å²) in [6.45, 7) is 4.60. The molecule has 1 unspecified atom stereocenters. The lowest BCUT2D eigenvalue weighted by Crippen LogP contribution is -2.47. The third-order valence-electron chi connectivity index (χ3n) is 3.13. The summed E-state index contributed by atoms with van der Waals surface area (Å²) in [5, 5.41) is 0. The molecule has 1 atom stereocenters. The van der Waals surface area contributed by atoms with Gasteiger partial charge in [-0.3, -0.25) is 0 Å². The molecule has 0 heterocycles. The van der Waals surface area contributed by atoms with E-state index in [9.17, 15) is 0 Å². The van der Waals surface area contributed by atoms with Gasteiger partial charge in [0, 0.05) is 12.1 Å². The molecule has 1 saturated carbocycles. The first-order chi connectivity index (χ1) is 6.00. The van der Waals surface area contributed by atoms with Gasteiger partial charge in [-0.05, 0) is 45.2 Å². The van der Waals surface area contributed by atoms with Crippen LogP contribution in [0.4, 0.5) is 0 Å². The quantitative estimate of drug-likeness (QED) is 0.720. The second-order valence-corrected chi connectivity index (χ2v) is 5.15. The molecule has 0 radical (unpaired) electrons. The normalized spacial score (nSPS) is 30.7. The Hall–Kier alpha value is -0.0800. The van der Waals surface area contributed by atoms with Crippen LogP contribution in [0, 0.1) is 11.8 Å². The third-order valence-corrected chi connectivity index (χ3v) is 3.13. The molecule has 0 aromatic rings. The van der Waals surface area contributed by atoms with Gasteiger partial charge in [-0.2, -0.15) is 0 Å². The molecule has 2 heteroatoms. The number of hydrogen-bond donors (Lipinski definition) is 1. The highest BCUT2D eigenvalue weighted by Crippen LogP contribution is 2.33. The van der Waals surface area contributed by atoms with Crippen molar-refractivity contribution in [1.82, 2.24) is 4.90 Å². The molecule has 2 nitrogen and oxygen atoms in total. The van der Waals surface area contributed by atoms with E-state index >= 15 is 0 Å². The van der Waals surface area contributed by atoms with Crippen molar-refractivity contribution in [2.75, 3.05) is 14.1 Å². The fraction of sp³-hybridized carbons (Fsp3) is 1.00. The summed E-state index contributed by atoms with van der Waals surface area (Å²) in [6, 6.07) is 1.24. The summed E-state index contributed by atoms with van der Waals surface area (Å²) in [6.07, 6.45) is 3.77. The van der Waals surface area contributed by atoms with Gasteiger partial charge in [-0.15, -0.1) is 0 Å². The van der Waals surface area contributed by atoms with Crippen LogP contribution >= 0.6 is 0 Å². The largest absolute Gasteiger partial charge is 0.328 e. The Bertz CT molecular complexity index is 148. The highest BCUT2D eigenvalue weighted by Gasteiger charge is 2.33. The highest BCUT2D eigenvalue weighted by atomic mass is 15.1. The molecular weight excluding hydrogens is 160 g/mol. The van der Waals surface area contributed by atoms with Gasteiger partial charge in [0.2, 0.25) is 0 Å². The average Bonchev–Trinajstić information content (AvgIpc) is 1.94. The van der Waals surface area contributed by atoms with Crippen LogP contribution in [-0.2, 0) is 0 Å². The standard InChI is InChI=1S/C11H24N2/c1-8(2)5-11(13(3)4)9-6-10(12)7-9/h8-11H,5-7,12H2,1-4H3. The Labute approximate surface area is 82.5 Å². The fourth-order valence-electron chi connectivity index (χ4n) is 2.33. The van der Waals surface area contributed by atoms with Crippen LogP contribution in [0.25, 0.3) is 0 Å². The lowest BCUT2D eigenvalue weighted by atomic mass is 9.73. The van der Waals surface area contributed by atoms with Gasteiger partial charge in [-0.1, -0.05) is 13.8 Å². The van der Waals surface area contributed by atoms with E-state index in [0.29, 0.717) is 6.04 Å². The van der Waals surface area contributed by atoms with Crippen molar-refractivity contribution >= 4 is 0 Å². The molecule has 2 N–H and O–H groups in total. The molecule has 0 spiro atoms. The molecular formula is C11H24N2. The Morgan fingerprint density at radius 1 is 1.31 bits per heavy atom. The van der Waals surface area contributed by atoms with Crippen molar-refractivity contribution in [3.05, 3.63) is 0 Å². The first-order valence-corrected chi connectivity index (χ1v) is 5.42. The molecule has 1 aliphatic rings. The van der Waals surface area contributed by atoms with E-state index in [1.165, 1.54) is 19.3 Å². The Morgan fingerprint density at radius 3 is 2.15 bits per heavy atom. The summed E-state index contributed by atoms with van der Waals surface area (Å²) >= 11 is 0. The van der Waals surface area contributed by atoms with Crippen LogP contribution in [0.15, 0.2) is 0 Å². The number of hydrogen-bond acceptors (Lipinski definition) is 2. The van der Waals surface area contributed by atoms with Crippen LogP contribution in [0.1, 0.15) is 33.1 Å². The molecule has 0 amide bonds. The van der Waals surface area contributed by atoms with E-state index in [4.69, 9.17) is 5.73 Å². The molecule has 0 aromatic carbocycles. The van der Waals surface area contributed by atoms with Crippen molar-refractivity contribution in [1.29, 1.82) is 0 Å². The molecule has 0 bridgehead atoms. The summed E-state index contributed by atoms with van der Waals surface area (Å²) in [7, 11) is 4.38. The topological polar surface area (TPSA) is 29.3 Å². The van der Waals surface area contributed by atoms with E-state index in [2.05, 4.69) is 32.8 Å². The van der Waals surface area contributed by atoms with Crippen molar-refractivity contribution in [2.24, 2.45) is 17.6 Å². The third kappa shape index (κ3) is 2.96. The number of nitrogens with zero attached hydrogens (tertiary/aromatic N) is 1. The Kier molecular flexibility index (Phi) is 3.74. The van der Waals surface area contributed by atoms with Gasteiger partial charge in [0.1, 0.15) is 0 Å². The van der Waals surface area contributed by atoms with Crippen LogP contribution in [-0.4, -0.2) is 31.1 Å². The first-order valence-electron chi connectivity index (χ1n) is 5.42. The maximum absolute atomic E-state index is 5.82. The summed E-state index contributed by atoms with van der Waals surface area (Å²) in [5.41, 5.74) is 5.82. The van der Waals surface area contributed by atoms with Crippen LogP contribution in [0.5, 0.6) is 0 Å². The molecule has 0 aromatic heterocycles. The van der Waals surface area contributed by atoms with Crippen molar-refractivity contribution in [2.45, 2.75) is 45.2 Å². The molecule has 0 saturated heterocycles. The molecule has 13 heavy (non-hydrogen) atoms. The maximum Gasteiger partial charge on any atom is 0.0121 e. The van der Waals surface area contributed by atoms with E-state index < -0.39 is 0 Å². The Balaban J connectivity index is 2.39. The zero-order valence-corrected chi connectivity index (χ0v) is 9.46. The minimum Gasteiger partial charge on any atom is -0.328 e. The molecule has 78 valence electrons. The predicted molar refractivity (Wildman–Crippen MR) is 57.6 cm³/mol.